The molecule has 0 saturated carbocycles. The van der Waals surface area contributed by atoms with Crippen LogP contribution in [0.4, 0.5) is 11.4 Å². The van der Waals surface area contributed by atoms with E-state index in [-0.39, 0.29) is 11.6 Å². The number of carbonyl (C=O) groups excluding carboxylic acids is 1. The van der Waals surface area contributed by atoms with Crippen molar-refractivity contribution in [2.45, 2.75) is 13.5 Å². The van der Waals surface area contributed by atoms with Crippen molar-refractivity contribution in [1.82, 2.24) is 0 Å². The van der Waals surface area contributed by atoms with E-state index in [4.69, 9.17) is 4.74 Å². The van der Waals surface area contributed by atoms with Crippen LogP contribution in [-0.2, 0) is 16.1 Å². The van der Waals surface area contributed by atoms with Gasteiger partial charge in [-0.1, -0.05) is 30.3 Å². The smallest absolute Gasteiger partial charge is 0.276 e. The van der Waals surface area contributed by atoms with Crippen molar-refractivity contribution in [3.8, 4) is 0 Å². The summed E-state index contributed by atoms with van der Waals surface area (Å²) < 4.78 is 5.37. The topological polar surface area (TPSA) is 81.5 Å². The van der Waals surface area contributed by atoms with Crippen LogP contribution in [0.2, 0.25) is 0 Å². The summed E-state index contributed by atoms with van der Waals surface area (Å²) in [5.74, 6) is -0.364. The average Bonchev–Trinajstić information content (AvgIpc) is 2.59. The highest BCUT2D eigenvalue weighted by Gasteiger charge is 2.10. The lowest BCUT2D eigenvalue weighted by Gasteiger charge is -2.09. The standard InChI is InChI=1S/C18H18N2O4/c1-2-24-13-15-8-3-5-9-16(15)19-18(21)12-11-14-7-4-6-10-17(14)20(22)23/h3-12H,2,13H2,1H3,(H,19,21)/b12-11+. The lowest BCUT2D eigenvalue weighted by atomic mass is 10.1. The van der Waals surface area contributed by atoms with E-state index in [0.717, 1.165) is 5.56 Å². The van der Waals surface area contributed by atoms with Crippen molar-refractivity contribution in [3.63, 3.8) is 0 Å². The molecule has 0 aliphatic rings. The second-order valence-corrected chi connectivity index (χ2v) is 4.93. The maximum absolute atomic E-state index is 12.1. The number of hydrogen-bond donors (Lipinski definition) is 1. The molecule has 0 aromatic heterocycles. The first-order valence-electron chi connectivity index (χ1n) is 7.50. The van der Waals surface area contributed by atoms with Crippen LogP contribution in [0.25, 0.3) is 6.08 Å². The molecular formula is C18H18N2O4. The Morgan fingerprint density at radius 3 is 2.67 bits per heavy atom. The zero-order chi connectivity index (χ0) is 17.4. The zero-order valence-corrected chi connectivity index (χ0v) is 13.3. The number of ether oxygens (including phenoxy) is 1. The van der Waals surface area contributed by atoms with Crippen LogP contribution in [0, 0.1) is 10.1 Å². The molecule has 2 aromatic carbocycles. The van der Waals surface area contributed by atoms with Gasteiger partial charge in [-0.05, 0) is 25.1 Å². The Kier molecular flexibility index (Phi) is 6.22. The largest absolute Gasteiger partial charge is 0.377 e. The summed E-state index contributed by atoms with van der Waals surface area (Å²) in [5.41, 5.74) is 1.86. The van der Waals surface area contributed by atoms with Gasteiger partial charge in [-0.15, -0.1) is 0 Å². The fraction of sp³-hybridized carbons (Fsp3) is 0.167. The van der Waals surface area contributed by atoms with E-state index < -0.39 is 4.92 Å². The summed E-state index contributed by atoms with van der Waals surface area (Å²) in [6.07, 6.45) is 2.71. The van der Waals surface area contributed by atoms with Crippen molar-refractivity contribution in [2.24, 2.45) is 0 Å². The minimum Gasteiger partial charge on any atom is -0.377 e. The van der Waals surface area contributed by atoms with Crippen LogP contribution < -0.4 is 5.32 Å². The van der Waals surface area contributed by atoms with E-state index >= 15 is 0 Å². The molecule has 0 unspecified atom stereocenters. The molecule has 0 fully saturated rings. The molecule has 2 rings (SSSR count). The van der Waals surface area contributed by atoms with E-state index in [9.17, 15) is 14.9 Å². The summed E-state index contributed by atoms with van der Waals surface area (Å²) in [7, 11) is 0. The Hall–Kier alpha value is -2.99. The van der Waals surface area contributed by atoms with Crippen LogP contribution in [0.5, 0.6) is 0 Å². The molecule has 0 atom stereocenters. The van der Waals surface area contributed by atoms with Crippen molar-refractivity contribution in [2.75, 3.05) is 11.9 Å². The van der Waals surface area contributed by atoms with Crippen molar-refractivity contribution < 1.29 is 14.5 Å². The van der Waals surface area contributed by atoms with Gasteiger partial charge in [-0.25, -0.2) is 0 Å². The molecule has 1 N–H and O–H groups in total. The molecule has 6 heteroatoms. The van der Waals surface area contributed by atoms with Gasteiger partial charge >= 0.3 is 0 Å². The van der Waals surface area contributed by atoms with E-state index in [0.29, 0.717) is 24.5 Å². The van der Waals surface area contributed by atoms with E-state index in [1.807, 2.05) is 25.1 Å². The van der Waals surface area contributed by atoms with Crippen LogP contribution >= 0.6 is 0 Å². The molecule has 124 valence electrons. The molecule has 0 spiro atoms. The third kappa shape index (κ3) is 4.76. The maximum Gasteiger partial charge on any atom is 0.276 e. The highest BCUT2D eigenvalue weighted by Crippen LogP contribution is 2.19. The van der Waals surface area contributed by atoms with Crippen LogP contribution in [0.15, 0.2) is 54.6 Å². The number of nitrogens with zero attached hydrogens (tertiary/aromatic N) is 1. The molecule has 0 aliphatic heterocycles. The van der Waals surface area contributed by atoms with Gasteiger partial charge in [-0.3, -0.25) is 14.9 Å². The monoisotopic (exact) mass is 326 g/mol. The van der Waals surface area contributed by atoms with Gasteiger partial charge in [0.05, 0.1) is 17.1 Å². The van der Waals surface area contributed by atoms with Gasteiger partial charge in [0, 0.05) is 30.0 Å². The maximum atomic E-state index is 12.1. The first-order valence-corrected chi connectivity index (χ1v) is 7.50. The highest BCUT2D eigenvalue weighted by atomic mass is 16.6. The van der Waals surface area contributed by atoms with Crippen molar-refractivity contribution in [1.29, 1.82) is 0 Å². The lowest BCUT2D eigenvalue weighted by Crippen LogP contribution is -2.10. The number of anilines is 1. The van der Waals surface area contributed by atoms with Crippen molar-refractivity contribution >= 4 is 23.4 Å². The second-order valence-electron chi connectivity index (χ2n) is 4.93. The number of amides is 1. The Morgan fingerprint density at radius 2 is 1.92 bits per heavy atom. The van der Waals surface area contributed by atoms with Crippen LogP contribution in [0.1, 0.15) is 18.1 Å². The minimum absolute atomic E-state index is 0.0432. The van der Waals surface area contributed by atoms with E-state index in [1.165, 1.54) is 18.2 Å². The minimum atomic E-state index is -0.477. The Labute approximate surface area is 139 Å². The second kappa shape index (κ2) is 8.59. The van der Waals surface area contributed by atoms with Gasteiger partial charge in [0.2, 0.25) is 5.91 Å². The van der Waals surface area contributed by atoms with Gasteiger partial charge in [0.25, 0.3) is 5.69 Å². The van der Waals surface area contributed by atoms with E-state index in [2.05, 4.69) is 5.32 Å². The van der Waals surface area contributed by atoms with Crippen LogP contribution in [0.3, 0.4) is 0 Å². The fourth-order valence-electron chi connectivity index (χ4n) is 2.11. The van der Waals surface area contributed by atoms with Crippen LogP contribution in [-0.4, -0.2) is 17.4 Å². The molecule has 0 aliphatic carbocycles. The third-order valence-corrected chi connectivity index (χ3v) is 3.28. The number of nitro groups is 1. The molecule has 0 radical (unpaired) electrons. The quantitative estimate of drug-likeness (QED) is 0.477. The molecular weight excluding hydrogens is 308 g/mol. The Balaban J connectivity index is 2.10. The zero-order valence-electron chi connectivity index (χ0n) is 13.3. The first kappa shape index (κ1) is 17.4. The number of para-hydroxylation sites is 2. The summed E-state index contributed by atoms with van der Waals surface area (Å²) in [5, 5.41) is 13.7. The molecule has 0 bridgehead atoms. The first-order chi connectivity index (χ1) is 11.6. The molecule has 2 aromatic rings. The summed E-state index contributed by atoms with van der Waals surface area (Å²) in [4.78, 5) is 22.6. The van der Waals surface area contributed by atoms with Gasteiger partial charge in [0.15, 0.2) is 0 Å². The van der Waals surface area contributed by atoms with Gasteiger partial charge < -0.3 is 10.1 Å². The number of carbonyl (C=O) groups is 1. The lowest BCUT2D eigenvalue weighted by molar-refractivity contribution is -0.385. The molecule has 0 heterocycles. The number of rotatable bonds is 7. The number of nitrogens with one attached hydrogen (secondary N) is 1. The summed E-state index contributed by atoms with van der Waals surface area (Å²) in [6, 6.07) is 13.6. The predicted molar refractivity (Wildman–Crippen MR) is 92.5 cm³/mol. The van der Waals surface area contributed by atoms with E-state index in [1.54, 1.807) is 24.3 Å². The van der Waals surface area contributed by atoms with Crippen molar-refractivity contribution in [3.05, 3.63) is 75.8 Å². The molecule has 0 saturated heterocycles. The highest BCUT2D eigenvalue weighted by molar-refractivity contribution is 6.02. The number of benzene rings is 2. The average molecular weight is 326 g/mol. The molecule has 6 nitrogen and oxygen atoms in total. The van der Waals surface area contributed by atoms with Gasteiger partial charge in [-0.2, -0.15) is 0 Å². The fourth-order valence-corrected chi connectivity index (χ4v) is 2.11. The Morgan fingerprint density at radius 1 is 1.21 bits per heavy atom. The molecule has 1 amide bonds. The predicted octanol–water partition coefficient (Wildman–Crippen LogP) is 3.78. The Bertz CT molecular complexity index is 756. The summed E-state index contributed by atoms with van der Waals surface area (Å²) in [6.45, 7) is 2.89. The SMILES string of the molecule is CCOCc1ccccc1NC(=O)/C=C/c1ccccc1[N+](=O)[O-]. The normalized spacial score (nSPS) is 10.7. The molecule has 24 heavy (non-hydrogen) atoms. The third-order valence-electron chi connectivity index (χ3n) is 3.28. The number of nitro benzene ring substituents is 1. The number of hydrogen-bond acceptors (Lipinski definition) is 4. The summed E-state index contributed by atoms with van der Waals surface area (Å²) >= 11 is 0. The van der Waals surface area contributed by atoms with Gasteiger partial charge in [0.1, 0.15) is 0 Å².